The Morgan fingerprint density at radius 1 is 1.40 bits per heavy atom. The lowest BCUT2D eigenvalue weighted by atomic mass is 10.1. The summed E-state index contributed by atoms with van der Waals surface area (Å²) in [5.74, 6) is 1.11. The summed E-state index contributed by atoms with van der Waals surface area (Å²) in [4.78, 5) is 18.5. The summed E-state index contributed by atoms with van der Waals surface area (Å²) in [6.45, 7) is 3.96. The molecule has 1 aliphatic rings. The number of fused-ring (bicyclic) bond motifs is 1. The van der Waals surface area contributed by atoms with Gasteiger partial charge in [0.25, 0.3) is 0 Å². The van der Waals surface area contributed by atoms with Gasteiger partial charge in [0.05, 0.1) is 19.3 Å². The predicted octanol–water partition coefficient (Wildman–Crippen LogP) is 2.33. The molecular formula is C16H17N6O2S-. The van der Waals surface area contributed by atoms with Gasteiger partial charge in [-0.25, -0.2) is 9.97 Å². The van der Waals surface area contributed by atoms with Gasteiger partial charge in [0.15, 0.2) is 5.82 Å². The predicted molar refractivity (Wildman–Crippen MR) is 93.8 cm³/mol. The second kappa shape index (κ2) is 6.41. The number of nitrogens with zero attached hydrogens (tertiary/aromatic N) is 4. The molecule has 1 fully saturated rings. The minimum Gasteiger partial charge on any atom is -0.439 e. The summed E-state index contributed by atoms with van der Waals surface area (Å²) in [5.41, 5.74) is 1.53. The van der Waals surface area contributed by atoms with E-state index in [1.54, 1.807) is 18.5 Å². The Bertz CT molecular complexity index is 991. The molecule has 3 aromatic heterocycles. The summed E-state index contributed by atoms with van der Waals surface area (Å²) in [6, 6.07) is 5.51. The van der Waals surface area contributed by atoms with E-state index in [0.29, 0.717) is 31.4 Å². The Kier molecular flexibility index (Phi) is 4.10. The maximum Gasteiger partial charge on any atom is 0.160 e. The molecule has 1 atom stereocenters. The number of nitrogens with one attached hydrogen (secondary N) is 2. The zero-order chi connectivity index (χ0) is 17.4. The lowest BCUT2D eigenvalue weighted by molar-refractivity contribution is 0.0985. The average molecular weight is 357 g/mol. The lowest BCUT2D eigenvalue weighted by Gasteiger charge is -2.34. The van der Waals surface area contributed by atoms with Crippen molar-refractivity contribution >= 4 is 27.4 Å². The molecule has 1 aliphatic heterocycles. The third-order valence-corrected chi connectivity index (χ3v) is 4.83. The van der Waals surface area contributed by atoms with Gasteiger partial charge < -0.3 is 23.6 Å². The highest BCUT2D eigenvalue weighted by molar-refractivity contribution is 7.73. The molecule has 0 aliphatic carbocycles. The van der Waals surface area contributed by atoms with Crippen LogP contribution in [0.15, 0.2) is 35.6 Å². The Hall–Kier alpha value is -2.52. The van der Waals surface area contributed by atoms with Gasteiger partial charge >= 0.3 is 0 Å². The molecule has 9 heteroatoms. The van der Waals surface area contributed by atoms with Crippen molar-refractivity contribution < 1.29 is 8.95 Å². The Labute approximate surface area is 146 Å². The van der Waals surface area contributed by atoms with E-state index in [4.69, 9.17) is 9.52 Å². The first-order chi connectivity index (χ1) is 12.1. The fourth-order valence-corrected chi connectivity index (χ4v) is 3.38. The normalized spacial score (nSPS) is 18.2. The van der Waals surface area contributed by atoms with Gasteiger partial charge in [-0.15, -0.1) is 10.6 Å². The molecule has 3 aromatic rings. The summed E-state index contributed by atoms with van der Waals surface area (Å²) in [7, 11) is -1.95. The van der Waals surface area contributed by atoms with E-state index >= 15 is 0 Å². The van der Waals surface area contributed by atoms with Crippen LogP contribution < -0.4 is 4.90 Å². The first-order valence-electron chi connectivity index (χ1n) is 7.92. The molecule has 130 valence electrons. The number of ether oxygens (including phenoxy) is 1. The third-order valence-electron chi connectivity index (χ3n) is 4.24. The monoisotopic (exact) mass is 357 g/mol. The number of hydrogen-bond donors (Lipinski definition) is 2. The van der Waals surface area contributed by atoms with Gasteiger partial charge in [0.2, 0.25) is 0 Å². The van der Waals surface area contributed by atoms with E-state index in [0.717, 1.165) is 16.6 Å². The Morgan fingerprint density at radius 3 is 3.08 bits per heavy atom. The number of morpholine rings is 1. The smallest absolute Gasteiger partial charge is 0.160 e. The van der Waals surface area contributed by atoms with Gasteiger partial charge in [-0.05, 0) is 30.1 Å². The molecule has 0 bridgehead atoms. The minimum absolute atomic E-state index is 0.147. The largest absolute Gasteiger partial charge is 0.439 e. The summed E-state index contributed by atoms with van der Waals surface area (Å²) in [6.07, 6.45) is 3.48. The number of aromatic amines is 1. The maximum absolute atomic E-state index is 11.8. The van der Waals surface area contributed by atoms with E-state index in [1.807, 2.05) is 12.1 Å². The number of rotatable bonds is 3. The zero-order valence-corrected chi connectivity index (χ0v) is 14.4. The van der Waals surface area contributed by atoms with Gasteiger partial charge in [0, 0.05) is 29.9 Å². The number of hydrogen-bond acceptors (Lipinski definition) is 8. The minimum atomic E-state index is -1.95. The topological polar surface area (TPSA) is 108 Å². The van der Waals surface area contributed by atoms with Crippen molar-refractivity contribution in [1.82, 2.24) is 19.9 Å². The quantitative estimate of drug-likeness (QED) is 0.550. The van der Waals surface area contributed by atoms with E-state index in [1.165, 1.54) is 0 Å². The van der Waals surface area contributed by atoms with Gasteiger partial charge in [-0.1, -0.05) is 0 Å². The number of pyridine rings is 1. The number of aromatic nitrogens is 4. The highest BCUT2D eigenvalue weighted by atomic mass is 32.2. The van der Waals surface area contributed by atoms with Gasteiger partial charge in [-0.3, -0.25) is 4.98 Å². The van der Waals surface area contributed by atoms with Crippen molar-refractivity contribution in [3.63, 3.8) is 0 Å². The maximum atomic E-state index is 11.8. The third kappa shape index (κ3) is 2.96. The lowest BCUT2D eigenvalue weighted by Crippen LogP contribution is -2.44. The van der Waals surface area contributed by atoms with Crippen LogP contribution in [0.2, 0.25) is 0 Å². The molecule has 4 rings (SSSR count). The number of H-pyrrole nitrogens is 1. The van der Waals surface area contributed by atoms with Crippen LogP contribution in [0.3, 0.4) is 0 Å². The number of anilines is 1. The molecule has 2 N–H and O–H groups in total. The molecule has 0 unspecified atom stereocenters. The second-order valence-corrected chi connectivity index (χ2v) is 6.83. The Balaban J connectivity index is 1.89. The van der Waals surface area contributed by atoms with Crippen LogP contribution >= 0.6 is 0 Å². The molecule has 4 heterocycles. The van der Waals surface area contributed by atoms with Crippen LogP contribution in [-0.2, 0) is 19.5 Å². The first kappa shape index (κ1) is 16.0. The fraction of sp³-hybridized carbons (Fsp3) is 0.312. The first-order valence-corrected chi connectivity index (χ1v) is 9.07. The molecule has 8 nitrogen and oxygen atoms in total. The Morgan fingerprint density at radius 2 is 2.28 bits per heavy atom. The van der Waals surface area contributed by atoms with Crippen molar-refractivity contribution in [3.05, 3.63) is 30.6 Å². The summed E-state index contributed by atoms with van der Waals surface area (Å²) < 4.78 is 24.9. The molecule has 1 saturated heterocycles. The molecule has 0 saturated carbocycles. The summed E-state index contributed by atoms with van der Waals surface area (Å²) in [5, 5.41) is 1.08. The zero-order valence-electron chi connectivity index (χ0n) is 13.6. The van der Waals surface area contributed by atoms with Crippen LogP contribution in [-0.4, -0.2) is 45.7 Å². The van der Waals surface area contributed by atoms with E-state index < -0.39 is 10.6 Å². The molecule has 0 radical (unpaired) electrons. The van der Waals surface area contributed by atoms with Gasteiger partial charge in [-0.2, -0.15) is 0 Å². The van der Waals surface area contributed by atoms with Crippen LogP contribution in [0.5, 0.6) is 0 Å². The van der Waals surface area contributed by atoms with E-state index in [2.05, 4.69) is 31.8 Å². The average Bonchev–Trinajstić information content (AvgIpc) is 3.10. The fourth-order valence-electron chi connectivity index (χ4n) is 3.00. The molecule has 0 amide bonds. The van der Waals surface area contributed by atoms with Crippen molar-refractivity contribution in [2.45, 2.75) is 18.0 Å². The molecular weight excluding hydrogens is 340 g/mol. The SMILES string of the molecule is C[C@@H]1COCCN1c1cc([S-](=N)=O)nc(-c2ccnc3[nH]ccc23)n1. The van der Waals surface area contributed by atoms with Crippen LogP contribution in [0.1, 0.15) is 6.92 Å². The van der Waals surface area contributed by atoms with Crippen molar-refractivity contribution in [1.29, 1.82) is 4.78 Å². The highest BCUT2D eigenvalue weighted by Crippen LogP contribution is 2.27. The van der Waals surface area contributed by atoms with E-state index in [-0.39, 0.29) is 11.1 Å². The van der Waals surface area contributed by atoms with Crippen molar-refractivity contribution in [3.8, 4) is 11.4 Å². The van der Waals surface area contributed by atoms with Crippen molar-refractivity contribution in [2.24, 2.45) is 0 Å². The standard InChI is InChI=1S/C16H17N6O2S/c1-10-9-24-7-6-22(10)13-8-14(25(17)23)21-16(20-13)12-3-5-19-15-11(12)2-4-18-15/h2-5,8,10,17H,6-7,9H2,1H3,(H,18,19)/q-1/t10-/m1/s1. The summed E-state index contributed by atoms with van der Waals surface area (Å²) >= 11 is 0. The highest BCUT2D eigenvalue weighted by Gasteiger charge is 2.21. The molecule has 0 spiro atoms. The van der Waals surface area contributed by atoms with Crippen LogP contribution in [0.25, 0.3) is 22.4 Å². The molecule has 25 heavy (non-hydrogen) atoms. The van der Waals surface area contributed by atoms with Gasteiger partial charge in [0.1, 0.15) is 11.5 Å². The van der Waals surface area contributed by atoms with Crippen LogP contribution in [0.4, 0.5) is 5.82 Å². The molecule has 0 aromatic carbocycles. The van der Waals surface area contributed by atoms with Crippen LogP contribution in [0, 0.1) is 4.78 Å². The van der Waals surface area contributed by atoms with Crippen molar-refractivity contribution in [2.75, 3.05) is 24.7 Å². The van der Waals surface area contributed by atoms with E-state index in [9.17, 15) is 4.21 Å². The second-order valence-electron chi connectivity index (χ2n) is 5.87.